The lowest BCUT2D eigenvalue weighted by atomic mass is 9.82. The number of ether oxygens (including phenoxy) is 2. The fourth-order valence-electron chi connectivity index (χ4n) is 3.23. The molecule has 9 heteroatoms. The van der Waals surface area contributed by atoms with Crippen LogP contribution in [0.25, 0.3) is 11.3 Å². The molecule has 3 aromatic heterocycles. The van der Waals surface area contributed by atoms with Gasteiger partial charge in [0.05, 0.1) is 49.3 Å². The third kappa shape index (κ3) is 3.96. The van der Waals surface area contributed by atoms with Gasteiger partial charge in [-0.05, 0) is 25.7 Å². The Bertz CT molecular complexity index is 1020. The van der Waals surface area contributed by atoms with Gasteiger partial charge in [0.2, 0.25) is 0 Å². The van der Waals surface area contributed by atoms with Crippen molar-refractivity contribution < 1.29 is 9.47 Å². The average molecular weight is 391 g/mol. The molecular formula is C20H21N7O2. The summed E-state index contributed by atoms with van der Waals surface area (Å²) in [5.74, 6) is 2.85. The number of nitrogens with zero attached hydrogens (tertiary/aromatic N) is 5. The Morgan fingerprint density at radius 1 is 1.17 bits per heavy atom. The van der Waals surface area contributed by atoms with Crippen molar-refractivity contribution >= 4 is 11.6 Å². The number of nitriles is 1. The Hall–Kier alpha value is -3.67. The first-order valence-corrected chi connectivity index (χ1v) is 9.41. The third-order valence-corrected chi connectivity index (χ3v) is 5.09. The summed E-state index contributed by atoms with van der Waals surface area (Å²) < 4.78 is 11.7. The fourth-order valence-corrected chi connectivity index (χ4v) is 3.23. The van der Waals surface area contributed by atoms with E-state index in [0.29, 0.717) is 29.1 Å². The number of pyridine rings is 1. The zero-order chi connectivity index (χ0) is 20.2. The Labute approximate surface area is 168 Å². The van der Waals surface area contributed by atoms with Crippen LogP contribution >= 0.6 is 0 Å². The Balaban J connectivity index is 1.59. The van der Waals surface area contributed by atoms with E-state index in [1.54, 1.807) is 19.5 Å². The highest BCUT2D eigenvalue weighted by molar-refractivity contribution is 5.75. The van der Waals surface area contributed by atoms with Gasteiger partial charge in [0, 0.05) is 6.07 Å². The van der Waals surface area contributed by atoms with Crippen LogP contribution in [0.3, 0.4) is 0 Å². The van der Waals surface area contributed by atoms with E-state index in [9.17, 15) is 0 Å². The maximum atomic E-state index is 8.82. The normalized spacial score (nSPS) is 14.5. The second-order valence-electron chi connectivity index (χ2n) is 6.92. The molecule has 148 valence electrons. The number of anilines is 2. The molecule has 0 unspecified atom stereocenters. The standard InChI is InChI=1S/C20H21N7O2/c1-12(13-4-3-5-13)29-17-10-22-9-16(28-2)20(17)15-6-18(27-26-15)25-19-11-23-14(7-21)8-24-19/h6,8-13H,3-5H2,1-2H3,(H2,24,25,26,27)/t12-/m1/s1. The Morgan fingerprint density at radius 3 is 2.66 bits per heavy atom. The highest BCUT2D eigenvalue weighted by atomic mass is 16.5. The van der Waals surface area contributed by atoms with Crippen LogP contribution in [-0.2, 0) is 0 Å². The van der Waals surface area contributed by atoms with Crippen molar-refractivity contribution in [3.05, 3.63) is 36.5 Å². The van der Waals surface area contributed by atoms with E-state index in [0.717, 1.165) is 11.3 Å². The second kappa shape index (κ2) is 8.14. The lowest BCUT2D eigenvalue weighted by Crippen LogP contribution is -2.29. The minimum absolute atomic E-state index is 0.103. The molecule has 2 N–H and O–H groups in total. The van der Waals surface area contributed by atoms with Crippen LogP contribution in [0.5, 0.6) is 11.5 Å². The first-order valence-electron chi connectivity index (χ1n) is 9.41. The minimum atomic E-state index is 0.103. The quantitative estimate of drug-likeness (QED) is 0.628. The van der Waals surface area contributed by atoms with E-state index >= 15 is 0 Å². The summed E-state index contributed by atoms with van der Waals surface area (Å²) in [7, 11) is 1.60. The molecule has 0 amide bonds. The van der Waals surface area contributed by atoms with Crippen molar-refractivity contribution in [3.8, 4) is 28.8 Å². The van der Waals surface area contributed by atoms with Gasteiger partial charge in [-0.2, -0.15) is 10.4 Å². The van der Waals surface area contributed by atoms with Crippen LogP contribution in [0.2, 0.25) is 0 Å². The van der Waals surface area contributed by atoms with Gasteiger partial charge < -0.3 is 14.8 Å². The van der Waals surface area contributed by atoms with Gasteiger partial charge >= 0.3 is 0 Å². The molecule has 3 heterocycles. The zero-order valence-electron chi connectivity index (χ0n) is 16.2. The van der Waals surface area contributed by atoms with Gasteiger partial charge in [0.25, 0.3) is 0 Å². The van der Waals surface area contributed by atoms with Crippen LogP contribution in [0.1, 0.15) is 31.9 Å². The first kappa shape index (κ1) is 18.7. The SMILES string of the molecule is COc1cncc(O[C@H](C)C2CCC2)c1-c1cc(Nc2cnc(C#N)cn2)n[nH]1. The smallest absolute Gasteiger partial charge is 0.158 e. The van der Waals surface area contributed by atoms with Gasteiger partial charge in [-0.15, -0.1) is 0 Å². The first-order chi connectivity index (χ1) is 14.2. The number of rotatable bonds is 7. The van der Waals surface area contributed by atoms with E-state index in [2.05, 4.69) is 37.4 Å². The Morgan fingerprint density at radius 2 is 2.00 bits per heavy atom. The van der Waals surface area contributed by atoms with Gasteiger partial charge in [-0.1, -0.05) is 6.42 Å². The van der Waals surface area contributed by atoms with Crippen LogP contribution < -0.4 is 14.8 Å². The second-order valence-corrected chi connectivity index (χ2v) is 6.92. The lowest BCUT2D eigenvalue weighted by molar-refractivity contribution is 0.0988. The predicted molar refractivity (Wildman–Crippen MR) is 106 cm³/mol. The van der Waals surface area contributed by atoms with E-state index in [1.165, 1.54) is 31.7 Å². The van der Waals surface area contributed by atoms with Gasteiger partial charge in [0.1, 0.15) is 17.6 Å². The maximum Gasteiger partial charge on any atom is 0.158 e. The molecule has 3 aromatic rings. The number of aromatic amines is 1. The molecule has 4 rings (SSSR count). The number of methoxy groups -OCH3 is 1. The highest BCUT2D eigenvalue weighted by Gasteiger charge is 2.27. The molecule has 1 atom stereocenters. The monoisotopic (exact) mass is 391 g/mol. The van der Waals surface area contributed by atoms with Crippen molar-refractivity contribution in [1.82, 2.24) is 25.1 Å². The molecule has 1 fully saturated rings. The number of aromatic nitrogens is 5. The number of hydrogen-bond donors (Lipinski definition) is 2. The minimum Gasteiger partial charge on any atom is -0.494 e. The van der Waals surface area contributed by atoms with Crippen LogP contribution in [0.4, 0.5) is 11.6 Å². The summed E-state index contributed by atoms with van der Waals surface area (Å²) in [6.07, 6.45) is 9.98. The van der Waals surface area contributed by atoms with Gasteiger partial charge in [0.15, 0.2) is 17.3 Å². The maximum absolute atomic E-state index is 8.82. The molecule has 1 saturated carbocycles. The predicted octanol–water partition coefficient (Wildman–Crippen LogP) is 3.45. The largest absolute Gasteiger partial charge is 0.494 e. The van der Waals surface area contributed by atoms with Crippen LogP contribution in [0.15, 0.2) is 30.9 Å². The lowest BCUT2D eigenvalue weighted by Gasteiger charge is -2.32. The van der Waals surface area contributed by atoms with Gasteiger partial charge in [-0.25, -0.2) is 9.97 Å². The van der Waals surface area contributed by atoms with Crippen molar-refractivity contribution in [1.29, 1.82) is 5.26 Å². The highest BCUT2D eigenvalue weighted by Crippen LogP contribution is 2.40. The zero-order valence-corrected chi connectivity index (χ0v) is 16.2. The summed E-state index contributed by atoms with van der Waals surface area (Å²) in [5, 5.41) is 19.2. The molecule has 0 spiro atoms. The molecule has 9 nitrogen and oxygen atoms in total. The van der Waals surface area contributed by atoms with Gasteiger partial charge in [-0.3, -0.25) is 10.1 Å². The third-order valence-electron chi connectivity index (χ3n) is 5.09. The summed E-state index contributed by atoms with van der Waals surface area (Å²) in [6.45, 7) is 2.09. The van der Waals surface area contributed by atoms with Crippen LogP contribution in [0, 0.1) is 17.2 Å². The summed E-state index contributed by atoms with van der Waals surface area (Å²) in [4.78, 5) is 12.4. The van der Waals surface area contributed by atoms with Crippen molar-refractivity contribution in [3.63, 3.8) is 0 Å². The molecule has 0 bridgehead atoms. The molecule has 1 aliphatic rings. The molecule has 0 saturated heterocycles. The Kier molecular flexibility index (Phi) is 5.24. The van der Waals surface area contributed by atoms with E-state index in [1.807, 2.05) is 12.1 Å². The number of nitrogens with one attached hydrogen (secondary N) is 2. The average Bonchev–Trinajstić information content (AvgIpc) is 3.15. The van der Waals surface area contributed by atoms with Crippen molar-refractivity contribution in [2.75, 3.05) is 12.4 Å². The van der Waals surface area contributed by atoms with E-state index in [4.69, 9.17) is 14.7 Å². The molecule has 29 heavy (non-hydrogen) atoms. The van der Waals surface area contributed by atoms with Crippen molar-refractivity contribution in [2.24, 2.45) is 5.92 Å². The number of hydrogen-bond acceptors (Lipinski definition) is 8. The molecule has 0 aliphatic heterocycles. The topological polar surface area (TPSA) is 122 Å². The number of H-pyrrole nitrogens is 1. The van der Waals surface area contributed by atoms with Crippen LogP contribution in [-0.4, -0.2) is 38.4 Å². The van der Waals surface area contributed by atoms with E-state index in [-0.39, 0.29) is 11.8 Å². The molecule has 0 radical (unpaired) electrons. The van der Waals surface area contributed by atoms with Crippen molar-refractivity contribution in [2.45, 2.75) is 32.3 Å². The fraction of sp³-hybridized carbons (Fsp3) is 0.350. The molecule has 0 aromatic carbocycles. The molecular weight excluding hydrogens is 370 g/mol. The summed E-state index contributed by atoms with van der Waals surface area (Å²) in [6, 6.07) is 3.77. The molecule has 1 aliphatic carbocycles. The summed E-state index contributed by atoms with van der Waals surface area (Å²) in [5.41, 5.74) is 1.74. The van der Waals surface area contributed by atoms with E-state index < -0.39 is 0 Å². The summed E-state index contributed by atoms with van der Waals surface area (Å²) >= 11 is 0.